The van der Waals surface area contributed by atoms with E-state index in [1.165, 1.54) is 6.92 Å². The highest BCUT2D eigenvalue weighted by Crippen LogP contribution is 2.35. The quantitative estimate of drug-likeness (QED) is 0.101. The molecule has 4 aliphatic heterocycles. The molecule has 20 atom stereocenters. The Kier molecular flexibility index (Phi) is 13.2. The third-order valence-electron chi connectivity index (χ3n) is 8.57. The first kappa shape index (κ1) is 38.5. The Morgan fingerprint density at radius 2 is 1.02 bits per heavy atom. The van der Waals surface area contributed by atoms with E-state index in [9.17, 15) is 66.1 Å². The van der Waals surface area contributed by atoms with Crippen molar-refractivity contribution >= 4 is 5.91 Å². The van der Waals surface area contributed by atoms with E-state index in [-0.39, 0.29) is 0 Å². The second-order valence-electron chi connectivity index (χ2n) is 11.9. The number of hydrogen-bond acceptors (Lipinski definition) is 20. The Labute approximate surface area is 267 Å². The normalized spacial score (nSPS) is 51.0. The fourth-order valence-electron chi connectivity index (χ4n) is 5.87. The molecule has 0 aromatic rings. The first-order chi connectivity index (χ1) is 22.1. The molecule has 4 aliphatic rings. The van der Waals surface area contributed by atoms with Gasteiger partial charge in [0.2, 0.25) is 5.91 Å². The standard InChI is InChI=1S/C26H45NO20/c1-6-12(32)15(35)18(38)25(41-6)46-21-11(27-7(2)31)24(47-22-17(37)14(34)8(3-28)42-23(22)40)44-10(5-30)20(21)45-26-19(39)16(36)13(33)9(4-29)43-26/h6,8-26,28-30,32-40H,3-5H2,1-2H3,(H,27,31)/t6-,8+,9+,10+,11+,12+,13-,14+,15+,16-,17-,18-,19+,20+,21+,22-,23+,24-,25-,26-/m0/s1. The Hall–Kier alpha value is -1.29. The van der Waals surface area contributed by atoms with Crippen LogP contribution in [0.1, 0.15) is 13.8 Å². The summed E-state index contributed by atoms with van der Waals surface area (Å²) in [6.45, 7) is -0.110. The molecule has 1 amide bonds. The first-order valence-corrected chi connectivity index (χ1v) is 15.0. The van der Waals surface area contributed by atoms with Gasteiger partial charge in [-0.15, -0.1) is 0 Å². The van der Waals surface area contributed by atoms with Gasteiger partial charge in [-0.2, -0.15) is 0 Å². The van der Waals surface area contributed by atoms with Crippen LogP contribution < -0.4 is 5.32 Å². The molecule has 0 aliphatic carbocycles. The summed E-state index contributed by atoms with van der Waals surface area (Å²) in [4.78, 5) is 12.5. The van der Waals surface area contributed by atoms with Crippen LogP contribution >= 0.6 is 0 Å². The van der Waals surface area contributed by atoms with Gasteiger partial charge in [-0.1, -0.05) is 0 Å². The highest BCUT2D eigenvalue weighted by molar-refractivity contribution is 5.73. The van der Waals surface area contributed by atoms with E-state index in [0.717, 1.165) is 6.92 Å². The van der Waals surface area contributed by atoms with E-state index in [1.54, 1.807) is 0 Å². The van der Waals surface area contributed by atoms with Gasteiger partial charge in [0.25, 0.3) is 0 Å². The van der Waals surface area contributed by atoms with E-state index in [1.807, 2.05) is 0 Å². The monoisotopic (exact) mass is 691 g/mol. The first-order valence-electron chi connectivity index (χ1n) is 15.0. The molecule has 4 rings (SSSR count). The van der Waals surface area contributed by atoms with Crippen molar-refractivity contribution in [2.45, 2.75) is 137 Å². The molecule has 0 aromatic heterocycles. The molecule has 0 unspecified atom stereocenters. The van der Waals surface area contributed by atoms with Crippen LogP contribution in [0.5, 0.6) is 0 Å². The maximum Gasteiger partial charge on any atom is 0.217 e. The number of hydrogen-bond donors (Lipinski definition) is 13. The molecule has 47 heavy (non-hydrogen) atoms. The van der Waals surface area contributed by atoms with Crippen molar-refractivity contribution in [3.05, 3.63) is 0 Å². The number of carbonyl (C=O) groups is 1. The summed E-state index contributed by atoms with van der Waals surface area (Å²) in [5.74, 6) is -0.759. The van der Waals surface area contributed by atoms with Crippen LogP contribution in [-0.4, -0.2) is 210 Å². The molecule has 21 nitrogen and oxygen atoms in total. The van der Waals surface area contributed by atoms with Crippen LogP contribution in [0.2, 0.25) is 0 Å². The lowest BCUT2D eigenvalue weighted by Gasteiger charge is -2.51. The molecule has 4 heterocycles. The summed E-state index contributed by atoms with van der Waals surface area (Å²) in [7, 11) is 0. The summed E-state index contributed by atoms with van der Waals surface area (Å²) >= 11 is 0. The maximum atomic E-state index is 12.5. The number of rotatable bonds is 10. The van der Waals surface area contributed by atoms with E-state index in [4.69, 9.17) is 33.2 Å². The molecule has 0 saturated carbocycles. The summed E-state index contributed by atoms with van der Waals surface area (Å²) in [6, 6.07) is -1.60. The number of carbonyl (C=O) groups excluding carboxylic acids is 1. The van der Waals surface area contributed by atoms with E-state index >= 15 is 0 Å². The molecule has 0 bridgehead atoms. The lowest BCUT2D eigenvalue weighted by atomic mass is 9.94. The van der Waals surface area contributed by atoms with E-state index < -0.39 is 148 Å². The van der Waals surface area contributed by atoms with Crippen molar-refractivity contribution in [2.75, 3.05) is 19.8 Å². The van der Waals surface area contributed by atoms with Gasteiger partial charge in [-0.05, 0) is 6.92 Å². The minimum absolute atomic E-state index is 0.759. The molecule has 0 aromatic carbocycles. The Balaban J connectivity index is 1.71. The van der Waals surface area contributed by atoms with Gasteiger partial charge in [0, 0.05) is 6.92 Å². The summed E-state index contributed by atoms with van der Waals surface area (Å²) in [5, 5.41) is 126. The fourth-order valence-corrected chi connectivity index (χ4v) is 5.87. The SMILES string of the molecule is CC(=O)N[C@H]1[C@H](O[C@H]2[C@@H](O)[C@H](O)[C@@H](CO)O[C@H]2O)O[C@H](CO)[C@@H](O[C@@H]2O[C@H](CO)[C@H](O)[C@H](O)[C@H]2O)[C@@H]1O[C@@H]1O[C@@H](C)[C@@H](O)[C@@H](O)[C@@H]1O. The van der Waals surface area contributed by atoms with Crippen LogP contribution in [-0.2, 0) is 38.0 Å². The van der Waals surface area contributed by atoms with Crippen LogP contribution in [0, 0.1) is 0 Å². The smallest absolute Gasteiger partial charge is 0.217 e. The number of aliphatic hydroxyl groups is 12. The zero-order valence-corrected chi connectivity index (χ0v) is 25.3. The summed E-state index contributed by atoms with van der Waals surface area (Å²) in [6.07, 6.45) is -32.6. The largest absolute Gasteiger partial charge is 0.394 e. The van der Waals surface area contributed by atoms with Crippen LogP contribution in [0.4, 0.5) is 0 Å². The van der Waals surface area contributed by atoms with Gasteiger partial charge in [0.15, 0.2) is 25.2 Å². The predicted molar refractivity (Wildman–Crippen MR) is 144 cm³/mol. The number of amides is 1. The van der Waals surface area contributed by atoms with Crippen LogP contribution in [0.15, 0.2) is 0 Å². The van der Waals surface area contributed by atoms with Gasteiger partial charge in [0.05, 0.1) is 25.9 Å². The van der Waals surface area contributed by atoms with Crippen molar-refractivity contribution < 1.29 is 99.2 Å². The Morgan fingerprint density at radius 3 is 1.60 bits per heavy atom. The van der Waals surface area contributed by atoms with Crippen molar-refractivity contribution in [3.63, 3.8) is 0 Å². The van der Waals surface area contributed by atoms with E-state index in [2.05, 4.69) is 5.32 Å². The zero-order chi connectivity index (χ0) is 34.9. The maximum absolute atomic E-state index is 12.5. The highest BCUT2D eigenvalue weighted by atomic mass is 16.8. The lowest BCUT2D eigenvalue weighted by molar-refractivity contribution is -0.387. The van der Waals surface area contributed by atoms with Crippen molar-refractivity contribution in [1.82, 2.24) is 5.32 Å². The van der Waals surface area contributed by atoms with Gasteiger partial charge >= 0.3 is 0 Å². The Morgan fingerprint density at radius 1 is 0.553 bits per heavy atom. The van der Waals surface area contributed by atoms with Gasteiger partial charge < -0.3 is 99.8 Å². The third-order valence-corrected chi connectivity index (χ3v) is 8.57. The molecule has 4 fully saturated rings. The molecular formula is C26H45NO20. The number of ether oxygens (including phenoxy) is 7. The van der Waals surface area contributed by atoms with Crippen molar-refractivity contribution in [1.29, 1.82) is 0 Å². The van der Waals surface area contributed by atoms with Crippen LogP contribution in [0.3, 0.4) is 0 Å². The van der Waals surface area contributed by atoms with Gasteiger partial charge in [-0.3, -0.25) is 4.79 Å². The highest BCUT2D eigenvalue weighted by Gasteiger charge is 2.56. The molecule has 21 heteroatoms. The lowest BCUT2D eigenvalue weighted by Crippen LogP contribution is -2.71. The third kappa shape index (κ3) is 8.04. The molecule has 13 N–H and O–H groups in total. The van der Waals surface area contributed by atoms with Crippen molar-refractivity contribution in [3.8, 4) is 0 Å². The summed E-state index contributed by atoms with van der Waals surface area (Å²) in [5.41, 5.74) is 0. The average Bonchev–Trinajstić information content (AvgIpc) is 3.04. The van der Waals surface area contributed by atoms with Gasteiger partial charge in [-0.25, -0.2) is 0 Å². The number of aliphatic hydroxyl groups excluding tert-OH is 12. The molecule has 0 radical (unpaired) electrons. The van der Waals surface area contributed by atoms with Crippen molar-refractivity contribution in [2.24, 2.45) is 0 Å². The molecule has 274 valence electrons. The second-order valence-corrected chi connectivity index (χ2v) is 11.9. The minimum atomic E-state index is -1.97. The molecular weight excluding hydrogens is 646 g/mol. The van der Waals surface area contributed by atoms with Crippen LogP contribution in [0.25, 0.3) is 0 Å². The average molecular weight is 692 g/mol. The van der Waals surface area contributed by atoms with Gasteiger partial charge in [0.1, 0.15) is 91.5 Å². The Bertz CT molecular complexity index is 1010. The van der Waals surface area contributed by atoms with E-state index in [0.29, 0.717) is 0 Å². The molecule has 4 saturated heterocycles. The minimum Gasteiger partial charge on any atom is -0.394 e. The molecule has 0 spiro atoms. The second kappa shape index (κ2) is 16.2. The number of nitrogens with one attached hydrogen (secondary N) is 1. The fraction of sp³-hybridized carbons (Fsp3) is 0.962. The summed E-state index contributed by atoms with van der Waals surface area (Å²) < 4.78 is 39.6. The zero-order valence-electron chi connectivity index (χ0n) is 25.3. The predicted octanol–water partition coefficient (Wildman–Crippen LogP) is -8.58. The topological polar surface area (TPSA) is 336 Å².